The van der Waals surface area contributed by atoms with E-state index in [1.165, 1.54) is 28.3 Å². The monoisotopic (exact) mass is 244 g/mol. The van der Waals surface area contributed by atoms with Crippen LogP contribution in [0.25, 0.3) is 11.3 Å². The molecule has 0 amide bonds. The molecule has 1 N–H and O–H groups in total. The average Bonchev–Trinajstić information content (AvgIpc) is 2.99. The van der Waals surface area contributed by atoms with E-state index in [4.69, 9.17) is 4.98 Å². The van der Waals surface area contributed by atoms with Gasteiger partial charge in [-0.15, -0.1) is 11.3 Å². The summed E-state index contributed by atoms with van der Waals surface area (Å²) in [6, 6.07) is 10.9. The van der Waals surface area contributed by atoms with E-state index in [-0.39, 0.29) is 0 Å². The van der Waals surface area contributed by atoms with E-state index >= 15 is 0 Å². The molecule has 1 aliphatic heterocycles. The van der Waals surface area contributed by atoms with Crippen molar-refractivity contribution >= 4 is 11.3 Å². The topological polar surface area (TPSA) is 24.9 Å². The molecule has 0 bridgehead atoms. The van der Waals surface area contributed by atoms with Crippen molar-refractivity contribution in [3.8, 4) is 11.3 Å². The second-order valence-corrected chi connectivity index (χ2v) is 5.71. The van der Waals surface area contributed by atoms with Gasteiger partial charge in [-0.2, -0.15) is 0 Å². The third-order valence-corrected chi connectivity index (χ3v) is 4.30. The molecule has 3 rings (SSSR count). The number of nitrogens with zero attached hydrogens (tertiary/aromatic N) is 1. The molecule has 1 saturated heterocycles. The molecule has 0 radical (unpaired) electrons. The molecule has 0 aliphatic carbocycles. The van der Waals surface area contributed by atoms with Crippen LogP contribution in [0.4, 0.5) is 0 Å². The molecule has 1 aliphatic rings. The van der Waals surface area contributed by atoms with E-state index in [0.717, 1.165) is 12.2 Å². The fourth-order valence-electron chi connectivity index (χ4n) is 2.33. The molecule has 0 saturated carbocycles. The Bertz CT molecular complexity index is 498. The Morgan fingerprint density at radius 3 is 2.82 bits per heavy atom. The van der Waals surface area contributed by atoms with Crippen molar-refractivity contribution in [3.63, 3.8) is 0 Å². The largest absolute Gasteiger partial charge is 0.308 e. The van der Waals surface area contributed by atoms with Crippen molar-refractivity contribution in [2.45, 2.75) is 25.8 Å². The maximum absolute atomic E-state index is 4.82. The van der Waals surface area contributed by atoms with Crippen molar-refractivity contribution in [2.75, 3.05) is 6.54 Å². The summed E-state index contributed by atoms with van der Waals surface area (Å²) >= 11 is 1.83. The zero-order valence-corrected chi connectivity index (χ0v) is 10.8. The van der Waals surface area contributed by atoms with Gasteiger partial charge in [-0.1, -0.05) is 30.3 Å². The van der Waals surface area contributed by atoms with E-state index in [1.54, 1.807) is 0 Å². The lowest BCUT2D eigenvalue weighted by Crippen LogP contribution is -2.12. The van der Waals surface area contributed by atoms with E-state index < -0.39 is 0 Å². The van der Waals surface area contributed by atoms with Crippen LogP contribution in [0.3, 0.4) is 0 Å². The van der Waals surface area contributed by atoms with Gasteiger partial charge >= 0.3 is 0 Å². The first kappa shape index (κ1) is 10.9. The molecular weight excluding hydrogens is 228 g/mol. The third-order valence-electron chi connectivity index (χ3n) is 3.22. The number of hydrogen-bond acceptors (Lipinski definition) is 3. The van der Waals surface area contributed by atoms with E-state index in [0.29, 0.717) is 6.04 Å². The van der Waals surface area contributed by atoms with Gasteiger partial charge in [0, 0.05) is 10.4 Å². The normalized spacial score (nSPS) is 19.7. The van der Waals surface area contributed by atoms with Crippen molar-refractivity contribution < 1.29 is 0 Å². The van der Waals surface area contributed by atoms with Gasteiger partial charge in [0.15, 0.2) is 0 Å². The number of thiazole rings is 1. The Morgan fingerprint density at radius 1 is 1.29 bits per heavy atom. The lowest BCUT2D eigenvalue weighted by Gasteiger charge is -2.04. The predicted molar refractivity (Wildman–Crippen MR) is 72.3 cm³/mol. The minimum Gasteiger partial charge on any atom is -0.308 e. The van der Waals surface area contributed by atoms with Crippen LogP contribution in [0.1, 0.15) is 28.8 Å². The Hall–Kier alpha value is -1.19. The standard InChI is InChI=1S/C14H16N2S/c1-10-13(11-6-3-2-4-7-11)16-14(17-10)12-8-5-9-15-12/h2-4,6-7,12,15H,5,8-9H2,1H3. The van der Waals surface area contributed by atoms with Crippen LogP contribution >= 0.6 is 11.3 Å². The molecule has 1 unspecified atom stereocenters. The van der Waals surface area contributed by atoms with Crippen LogP contribution in [0.2, 0.25) is 0 Å². The van der Waals surface area contributed by atoms with Crippen molar-refractivity contribution in [3.05, 3.63) is 40.2 Å². The maximum Gasteiger partial charge on any atom is 0.111 e. The number of rotatable bonds is 2. The maximum atomic E-state index is 4.82. The molecule has 1 fully saturated rings. The predicted octanol–water partition coefficient (Wildman–Crippen LogP) is 3.54. The molecule has 88 valence electrons. The van der Waals surface area contributed by atoms with Crippen molar-refractivity contribution in [2.24, 2.45) is 0 Å². The minimum atomic E-state index is 0.483. The number of nitrogens with one attached hydrogen (secondary N) is 1. The van der Waals surface area contributed by atoms with Gasteiger partial charge in [0.1, 0.15) is 5.01 Å². The zero-order valence-electron chi connectivity index (χ0n) is 9.94. The fourth-order valence-corrected chi connectivity index (χ4v) is 3.38. The van der Waals surface area contributed by atoms with Crippen LogP contribution in [0.5, 0.6) is 0 Å². The van der Waals surface area contributed by atoms with Crippen LogP contribution < -0.4 is 5.32 Å². The molecule has 17 heavy (non-hydrogen) atoms. The first-order valence-electron chi connectivity index (χ1n) is 6.11. The Kier molecular flexibility index (Phi) is 2.95. The van der Waals surface area contributed by atoms with Crippen molar-refractivity contribution in [1.82, 2.24) is 10.3 Å². The second kappa shape index (κ2) is 4.59. The van der Waals surface area contributed by atoms with Gasteiger partial charge in [-0.3, -0.25) is 0 Å². The SMILES string of the molecule is Cc1sc(C2CCCN2)nc1-c1ccccc1. The molecule has 2 aromatic rings. The molecule has 2 heterocycles. The molecular formula is C14H16N2S. The second-order valence-electron chi connectivity index (χ2n) is 4.47. The van der Waals surface area contributed by atoms with Gasteiger partial charge in [-0.25, -0.2) is 4.98 Å². The number of aryl methyl sites for hydroxylation is 1. The molecule has 2 nitrogen and oxygen atoms in total. The average molecular weight is 244 g/mol. The first-order chi connectivity index (χ1) is 8.34. The number of benzene rings is 1. The van der Waals surface area contributed by atoms with Crippen LogP contribution in [-0.2, 0) is 0 Å². The van der Waals surface area contributed by atoms with E-state index in [1.807, 2.05) is 17.4 Å². The summed E-state index contributed by atoms with van der Waals surface area (Å²) < 4.78 is 0. The lowest BCUT2D eigenvalue weighted by molar-refractivity contribution is 0.643. The fraction of sp³-hybridized carbons (Fsp3) is 0.357. The Labute approximate surface area is 106 Å². The van der Waals surface area contributed by atoms with Gasteiger partial charge in [-0.05, 0) is 26.3 Å². The number of aromatic nitrogens is 1. The summed E-state index contributed by atoms with van der Waals surface area (Å²) in [5, 5.41) is 4.76. The highest BCUT2D eigenvalue weighted by atomic mass is 32.1. The van der Waals surface area contributed by atoms with Gasteiger partial charge < -0.3 is 5.32 Å². The highest BCUT2D eigenvalue weighted by Crippen LogP contribution is 2.33. The molecule has 3 heteroatoms. The number of hydrogen-bond donors (Lipinski definition) is 1. The zero-order chi connectivity index (χ0) is 11.7. The summed E-state index contributed by atoms with van der Waals surface area (Å²) in [5.74, 6) is 0. The summed E-state index contributed by atoms with van der Waals surface area (Å²) in [5.41, 5.74) is 2.38. The van der Waals surface area contributed by atoms with Crippen LogP contribution in [0, 0.1) is 6.92 Å². The van der Waals surface area contributed by atoms with Gasteiger partial charge in [0.25, 0.3) is 0 Å². The van der Waals surface area contributed by atoms with Crippen LogP contribution in [-0.4, -0.2) is 11.5 Å². The summed E-state index contributed by atoms with van der Waals surface area (Å²) in [6.45, 7) is 3.29. The minimum absolute atomic E-state index is 0.483. The lowest BCUT2D eigenvalue weighted by atomic mass is 10.1. The van der Waals surface area contributed by atoms with Gasteiger partial charge in [0.2, 0.25) is 0 Å². The summed E-state index contributed by atoms with van der Waals surface area (Å²) in [7, 11) is 0. The Morgan fingerprint density at radius 2 is 2.12 bits per heavy atom. The quantitative estimate of drug-likeness (QED) is 0.874. The first-order valence-corrected chi connectivity index (χ1v) is 6.92. The van der Waals surface area contributed by atoms with E-state index in [2.05, 4.69) is 36.5 Å². The highest BCUT2D eigenvalue weighted by molar-refractivity contribution is 7.12. The van der Waals surface area contributed by atoms with E-state index in [9.17, 15) is 0 Å². The molecule has 1 atom stereocenters. The molecule has 0 spiro atoms. The summed E-state index contributed by atoms with van der Waals surface area (Å²) in [6.07, 6.45) is 2.49. The Balaban J connectivity index is 1.96. The summed E-state index contributed by atoms with van der Waals surface area (Å²) in [4.78, 5) is 6.14. The highest BCUT2D eigenvalue weighted by Gasteiger charge is 2.21. The van der Waals surface area contributed by atoms with Crippen molar-refractivity contribution in [1.29, 1.82) is 0 Å². The van der Waals surface area contributed by atoms with Crippen LogP contribution in [0.15, 0.2) is 30.3 Å². The third kappa shape index (κ3) is 2.13. The molecule has 1 aromatic carbocycles. The van der Waals surface area contributed by atoms with Gasteiger partial charge in [0.05, 0.1) is 11.7 Å². The smallest absolute Gasteiger partial charge is 0.111 e. The molecule has 1 aromatic heterocycles.